The van der Waals surface area contributed by atoms with E-state index in [1.54, 1.807) is 14.1 Å². The van der Waals surface area contributed by atoms with E-state index >= 15 is 0 Å². The van der Waals surface area contributed by atoms with Crippen molar-refractivity contribution in [3.05, 3.63) is 0 Å². The van der Waals surface area contributed by atoms with Crippen LogP contribution in [0.1, 0.15) is 0 Å². The van der Waals surface area contributed by atoms with Crippen LogP contribution in [-0.4, -0.2) is 43.7 Å². The van der Waals surface area contributed by atoms with Gasteiger partial charge in [0, 0.05) is 11.8 Å². The minimum Gasteiger partial charge on any atom is -0.295 e. The highest BCUT2D eigenvalue weighted by atomic mass is 35.5. The average molecular weight is 250 g/mol. The van der Waals surface area contributed by atoms with Gasteiger partial charge >= 0.3 is 7.75 Å². The van der Waals surface area contributed by atoms with Gasteiger partial charge < -0.3 is 0 Å². The highest BCUT2D eigenvalue weighted by molar-refractivity contribution is 7.51. The van der Waals surface area contributed by atoms with Gasteiger partial charge in [0.15, 0.2) is 0 Å². The van der Waals surface area contributed by atoms with Crippen molar-refractivity contribution in [2.75, 3.05) is 39.1 Å². The first-order valence-electron chi connectivity index (χ1n) is 3.75. The van der Waals surface area contributed by atoms with Gasteiger partial charge in [-0.2, -0.15) is 0 Å². The molecule has 0 aliphatic heterocycles. The summed E-state index contributed by atoms with van der Waals surface area (Å²) in [5.74, 6) is 0.560. The first kappa shape index (κ1) is 13.7. The van der Waals surface area contributed by atoms with Crippen molar-refractivity contribution in [3.8, 4) is 0 Å². The topological polar surface area (TPSA) is 38.8 Å². The fraction of sp³-hybridized carbons (Fsp3) is 1.00. The van der Waals surface area contributed by atoms with Gasteiger partial charge in [-0.15, -0.1) is 23.2 Å². The summed E-state index contributed by atoms with van der Waals surface area (Å²) >= 11 is 10.8. The SMILES string of the molecule is CN(C)P(=O)(OCCCl)OCCCl. The normalized spacial score (nSPS) is 12.4. The third kappa shape index (κ3) is 5.21. The molecule has 0 rings (SSSR count). The lowest BCUT2D eigenvalue weighted by Gasteiger charge is -2.22. The van der Waals surface area contributed by atoms with Gasteiger partial charge in [0.25, 0.3) is 0 Å². The standard InChI is InChI=1S/C6H14Cl2NO3P/c1-9(2)13(10,11-5-3-7)12-6-4-8/h3-6H2,1-2H3. The van der Waals surface area contributed by atoms with E-state index in [9.17, 15) is 4.57 Å². The van der Waals surface area contributed by atoms with Gasteiger partial charge in [-0.05, 0) is 14.1 Å². The van der Waals surface area contributed by atoms with Crippen LogP contribution in [0.25, 0.3) is 0 Å². The van der Waals surface area contributed by atoms with E-state index in [-0.39, 0.29) is 25.0 Å². The third-order valence-electron chi connectivity index (χ3n) is 1.15. The van der Waals surface area contributed by atoms with Crippen molar-refractivity contribution in [1.82, 2.24) is 4.67 Å². The van der Waals surface area contributed by atoms with Gasteiger partial charge in [0.1, 0.15) is 0 Å². The molecule has 0 fully saturated rings. The Hall–Kier alpha value is 0.690. The Balaban J connectivity index is 4.09. The second-order valence-electron chi connectivity index (χ2n) is 2.36. The van der Waals surface area contributed by atoms with Gasteiger partial charge in [-0.25, -0.2) is 9.24 Å². The van der Waals surface area contributed by atoms with E-state index < -0.39 is 7.75 Å². The maximum atomic E-state index is 11.8. The van der Waals surface area contributed by atoms with Gasteiger partial charge in [0.05, 0.1) is 13.2 Å². The summed E-state index contributed by atoms with van der Waals surface area (Å²) in [7, 11) is 0.0688. The van der Waals surface area contributed by atoms with Crippen LogP contribution in [0.5, 0.6) is 0 Å². The Bertz CT molecular complexity index is 167. The van der Waals surface area contributed by atoms with Crippen LogP contribution in [0.4, 0.5) is 0 Å². The summed E-state index contributed by atoms with van der Waals surface area (Å²) in [6, 6.07) is 0. The van der Waals surface area contributed by atoms with Crippen molar-refractivity contribution in [3.63, 3.8) is 0 Å². The van der Waals surface area contributed by atoms with Gasteiger partial charge in [-0.1, -0.05) is 0 Å². The lowest BCUT2D eigenvalue weighted by atomic mass is 10.9. The Labute approximate surface area is 88.7 Å². The van der Waals surface area contributed by atoms with Crippen molar-refractivity contribution in [1.29, 1.82) is 0 Å². The first-order chi connectivity index (χ1) is 6.06. The molecule has 80 valence electrons. The fourth-order valence-electron chi connectivity index (χ4n) is 0.568. The molecule has 13 heavy (non-hydrogen) atoms. The molecule has 0 atom stereocenters. The van der Waals surface area contributed by atoms with E-state index in [0.717, 1.165) is 0 Å². The Morgan fingerprint density at radius 1 is 1.15 bits per heavy atom. The van der Waals surface area contributed by atoms with E-state index in [2.05, 4.69) is 0 Å². The van der Waals surface area contributed by atoms with Crippen LogP contribution in [0.2, 0.25) is 0 Å². The molecule has 0 aliphatic carbocycles. The van der Waals surface area contributed by atoms with Gasteiger partial charge in [-0.3, -0.25) is 9.05 Å². The van der Waals surface area contributed by atoms with Crippen molar-refractivity contribution in [2.45, 2.75) is 0 Å². The van der Waals surface area contributed by atoms with Crippen molar-refractivity contribution >= 4 is 30.9 Å². The van der Waals surface area contributed by atoms with Crippen LogP contribution in [0.15, 0.2) is 0 Å². The zero-order valence-electron chi connectivity index (χ0n) is 7.70. The molecular weight excluding hydrogens is 236 g/mol. The van der Waals surface area contributed by atoms with E-state index in [4.69, 9.17) is 32.2 Å². The minimum atomic E-state index is -3.16. The molecule has 0 amide bonds. The summed E-state index contributed by atoms with van der Waals surface area (Å²) in [5.41, 5.74) is 0. The monoisotopic (exact) mass is 249 g/mol. The van der Waals surface area contributed by atoms with Crippen molar-refractivity contribution in [2.24, 2.45) is 0 Å². The summed E-state index contributed by atoms with van der Waals surface area (Å²) in [4.78, 5) is 0. The van der Waals surface area contributed by atoms with Gasteiger partial charge in [0.2, 0.25) is 0 Å². The van der Waals surface area contributed by atoms with Crippen LogP contribution >= 0.6 is 30.9 Å². The average Bonchev–Trinajstić information content (AvgIpc) is 2.11. The second-order valence-corrected chi connectivity index (χ2v) is 5.37. The molecule has 4 nitrogen and oxygen atoms in total. The van der Waals surface area contributed by atoms with Crippen LogP contribution in [0.3, 0.4) is 0 Å². The fourth-order valence-corrected chi connectivity index (χ4v) is 2.12. The van der Waals surface area contributed by atoms with Crippen LogP contribution < -0.4 is 0 Å². The minimum absolute atomic E-state index is 0.194. The van der Waals surface area contributed by atoms with Crippen molar-refractivity contribution < 1.29 is 13.6 Å². The lowest BCUT2D eigenvalue weighted by Crippen LogP contribution is -2.15. The predicted octanol–water partition coefficient (Wildman–Crippen LogP) is 2.17. The Kier molecular flexibility index (Phi) is 7.42. The summed E-state index contributed by atoms with van der Waals surface area (Å²) in [6.45, 7) is 0.387. The number of rotatable bonds is 7. The molecule has 0 saturated carbocycles. The van der Waals surface area contributed by atoms with E-state index in [1.165, 1.54) is 4.67 Å². The molecule has 0 unspecified atom stereocenters. The maximum Gasteiger partial charge on any atom is 0.407 e. The summed E-state index contributed by atoms with van der Waals surface area (Å²) in [5, 5.41) is 0. The molecule has 0 N–H and O–H groups in total. The molecule has 0 spiro atoms. The third-order valence-corrected chi connectivity index (χ3v) is 3.46. The highest BCUT2D eigenvalue weighted by Crippen LogP contribution is 2.49. The van der Waals surface area contributed by atoms with E-state index in [0.29, 0.717) is 0 Å². The van der Waals surface area contributed by atoms with E-state index in [1.807, 2.05) is 0 Å². The number of halogens is 2. The lowest BCUT2D eigenvalue weighted by molar-refractivity contribution is 0.186. The number of alkyl halides is 2. The maximum absolute atomic E-state index is 11.8. The Morgan fingerprint density at radius 2 is 1.54 bits per heavy atom. The zero-order chi connectivity index (χ0) is 10.3. The Morgan fingerprint density at radius 3 is 1.77 bits per heavy atom. The molecule has 0 heterocycles. The zero-order valence-corrected chi connectivity index (χ0v) is 10.1. The number of hydrogen-bond acceptors (Lipinski definition) is 3. The largest absolute Gasteiger partial charge is 0.407 e. The molecule has 7 heteroatoms. The number of nitrogens with zero attached hydrogens (tertiary/aromatic N) is 1. The molecular formula is C6H14Cl2NO3P. The summed E-state index contributed by atoms with van der Waals surface area (Å²) < 4.78 is 23.2. The first-order valence-corrected chi connectivity index (χ1v) is 6.32. The molecule has 0 aliphatic rings. The van der Waals surface area contributed by atoms with Crippen LogP contribution in [0, 0.1) is 0 Å². The molecule has 0 aromatic rings. The van der Waals surface area contributed by atoms with Crippen LogP contribution in [-0.2, 0) is 13.6 Å². The summed E-state index contributed by atoms with van der Waals surface area (Å²) in [6.07, 6.45) is 0. The highest BCUT2D eigenvalue weighted by Gasteiger charge is 2.27. The molecule has 0 radical (unpaired) electrons. The molecule has 0 bridgehead atoms. The predicted molar refractivity (Wildman–Crippen MR) is 54.6 cm³/mol. The number of hydrogen-bond donors (Lipinski definition) is 0. The molecule has 0 saturated heterocycles. The molecule has 0 aromatic carbocycles. The quantitative estimate of drug-likeness (QED) is 0.512. The molecule has 0 aromatic heterocycles. The second kappa shape index (κ2) is 7.04. The smallest absolute Gasteiger partial charge is 0.295 e.